The lowest BCUT2D eigenvalue weighted by Gasteiger charge is -2.36. The largest absolute Gasteiger partial charge is 0.369 e. The fourth-order valence-electron chi connectivity index (χ4n) is 9.03. The van der Waals surface area contributed by atoms with Gasteiger partial charge in [-0.05, 0) is 98.2 Å². The number of imide groups is 1. The van der Waals surface area contributed by atoms with Gasteiger partial charge in [-0.2, -0.15) is 4.98 Å². The number of pyridine rings is 1. The Morgan fingerprint density at radius 2 is 1.76 bits per heavy atom. The van der Waals surface area contributed by atoms with Crippen LogP contribution < -0.4 is 21.1 Å². The fourth-order valence-corrected chi connectivity index (χ4v) is 9.03. The molecule has 0 spiro atoms. The van der Waals surface area contributed by atoms with E-state index in [-0.39, 0.29) is 29.7 Å². The Balaban J connectivity index is 0.789. The monoisotopic (exact) mass is 780 g/mol. The maximum Gasteiger partial charge on any atom is 0.278 e. The zero-order chi connectivity index (χ0) is 39.9. The molecule has 2 fully saturated rings. The van der Waals surface area contributed by atoms with Gasteiger partial charge in [0.05, 0.1) is 6.54 Å². The molecule has 58 heavy (non-hydrogen) atoms. The predicted molar refractivity (Wildman–Crippen MR) is 222 cm³/mol. The van der Waals surface area contributed by atoms with Crippen molar-refractivity contribution in [3.8, 4) is 5.82 Å². The van der Waals surface area contributed by atoms with Gasteiger partial charge in [0.2, 0.25) is 17.8 Å². The van der Waals surface area contributed by atoms with Gasteiger partial charge in [-0.15, -0.1) is 6.58 Å². The molecule has 2 aromatic carbocycles. The molecule has 3 amide bonds. The highest BCUT2D eigenvalue weighted by atomic mass is 16.2. The van der Waals surface area contributed by atoms with E-state index in [9.17, 15) is 19.2 Å². The number of rotatable bonds is 12. The number of piperidine rings is 1. The second kappa shape index (κ2) is 15.7. The molecule has 0 radical (unpaired) electrons. The first-order valence-corrected chi connectivity index (χ1v) is 20.5. The second-order valence-electron chi connectivity index (χ2n) is 15.8. The van der Waals surface area contributed by atoms with E-state index in [0.717, 1.165) is 87.5 Å². The van der Waals surface area contributed by atoms with E-state index in [1.165, 1.54) is 11.1 Å². The summed E-state index contributed by atoms with van der Waals surface area (Å²) in [6.45, 7) is 11.5. The van der Waals surface area contributed by atoms with Crippen molar-refractivity contribution >= 4 is 46.1 Å². The van der Waals surface area contributed by atoms with Crippen LogP contribution in [0.2, 0.25) is 0 Å². The third-order valence-corrected chi connectivity index (χ3v) is 12.2. The molecule has 3 aromatic heterocycles. The molecule has 0 bridgehead atoms. The lowest BCUT2D eigenvalue weighted by molar-refractivity contribution is -0.136. The minimum atomic E-state index is -0.604. The first-order valence-electron chi connectivity index (χ1n) is 20.5. The minimum absolute atomic E-state index is 0.143. The van der Waals surface area contributed by atoms with Crippen LogP contribution in [0.5, 0.6) is 0 Å². The average molecular weight is 781 g/mol. The zero-order valence-corrected chi connectivity index (χ0v) is 32.8. The summed E-state index contributed by atoms with van der Waals surface area (Å²) in [5, 5.41) is 6.14. The average Bonchev–Trinajstić information content (AvgIpc) is 3.89. The molecule has 5 aromatic rings. The number of hydrogen-bond donors (Lipinski definition) is 2. The Bertz CT molecular complexity index is 2480. The van der Waals surface area contributed by atoms with Gasteiger partial charge in [-0.25, -0.2) is 19.3 Å². The molecule has 6 heterocycles. The van der Waals surface area contributed by atoms with Gasteiger partial charge in [0.25, 0.3) is 11.5 Å². The number of amides is 3. The lowest BCUT2D eigenvalue weighted by atomic mass is 10.0. The Morgan fingerprint density at radius 1 is 0.931 bits per heavy atom. The Kier molecular flexibility index (Phi) is 10.1. The summed E-state index contributed by atoms with van der Waals surface area (Å²) in [6, 6.07) is 17.8. The minimum Gasteiger partial charge on any atom is -0.369 e. The molecule has 298 valence electrons. The van der Waals surface area contributed by atoms with Gasteiger partial charge in [0.15, 0.2) is 11.5 Å². The highest BCUT2D eigenvalue weighted by molar-refractivity contribution is 6.05. The first-order chi connectivity index (χ1) is 28.3. The second-order valence-corrected chi connectivity index (χ2v) is 15.8. The molecule has 1 aliphatic carbocycles. The highest BCUT2D eigenvalue weighted by Crippen LogP contribution is 2.35. The topological polar surface area (TPSA) is 151 Å². The number of nitrogens with one attached hydrogen (secondary N) is 2. The van der Waals surface area contributed by atoms with Crippen LogP contribution in [0.25, 0.3) is 16.9 Å². The number of aromatic nitrogens is 5. The fraction of sp³-hybridized carbons (Fsp3) is 0.386. The third-order valence-electron chi connectivity index (χ3n) is 12.2. The molecule has 2 N–H and O–H groups in total. The van der Waals surface area contributed by atoms with Gasteiger partial charge in [-0.3, -0.25) is 29.4 Å². The summed E-state index contributed by atoms with van der Waals surface area (Å²) >= 11 is 0. The van der Waals surface area contributed by atoms with Crippen molar-refractivity contribution in [1.29, 1.82) is 0 Å². The summed E-state index contributed by atoms with van der Waals surface area (Å²) in [5.41, 5.74) is 7.50. The molecular formula is C44H48N10O4. The summed E-state index contributed by atoms with van der Waals surface area (Å²) in [7, 11) is 0. The molecule has 2 atom stereocenters. The number of piperazine rings is 1. The number of hydrogen-bond acceptors (Lipinski definition) is 10. The Hall–Kier alpha value is -6.15. The van der Waals surface area contributed by atoms with E-state index in [1.807, 2.05) is 30.3 Å². The smallest absolute Gasteiger partial charge is 0.278 e. The van der Waals surface area contributed by atoms with Gasteiger partial charge >= 0.3 is 0 Å². The van der Waals surface area contributed by atoms with Crippen LogP contribution in [0.15, 0.2) is 78.2 Å². The number of benzene rings is 2. The van der Waals surface area contributed by atoms with Gasteiger partial charge in [-0.1, -0.05) is 31.2 Å². The standard InChI is InChI=1S/C44H48N10O4/c1-3-19-53-43(58)35-26-45-44(49-40(35)54(53)37-17-11-30-10-9-29(4-2)39(30)47-37)46-32-12-7-28(8-13-32)6-5-20-50-21-23-51(24-22-50)33-14-15-34-31(25-33)27-52(42(34)57)36-16-18-38(55)48-41(36)56/h3,7-8,11-15,17,25-26,29,36H,1,4-6,9-10,16,18-24,27H2,2H3,(H,45,46,49)(H,48,55,56). The maximum atomic E-state index is 13.5. The normalized spacial score (nSPS) is 19.4. The van der Waals surface area contributed by atoms with E-state index < -0.39 is 6.04 Å². The van der Waals surface area contributed by atoms with Crippen LogP contribution in [-0.2, 0) is 35.5 Å². The Labute approximate surface area is 336 Å². The highest BCUT2D eigenvalue weighted by Gasteiger charge is 2.39. The number of carbonyl (C=O) groups excluding carboxylic acids is 3. The SMILES string of the molecule is C=CCn1c(=O)c2cnc(Nc3ccc(CCCN4CCN(c5ccc6c(c5)CN(C5CCC(=O)NC5=O)C6=O)CC4)cc3)nc2n1-c1ccc2c(n1)C(CC)CC2. The van der Waals surface area contributed by atoms with Crippen molar-refractivity contribution in [1.82, 2.24) is 39.4 Å². The molecule has 9 rings (SSSR count). The van der Waals surface area contributed by atoms with Crippen LogP contribution in [0.4, 0.5) is 17.3 Å². The van der Waals surface area contributed by atoms with Gasteiger partial charge in [0, 0.05) is 73.9 Å². The van der Waals surface area contributed by atoms with Crippen molar-refractivity contribution in [2.45, 2.75) is 76.9 Å². The molecule has 14 heteroatoms. The van der Waals surface area contributed by atoms with E-state index in [2.05, 4.69) is 63.2 Å². The summed E-state index contributed by atoms with van der Waals surface area (Å²) in [5.74, 6) is 0.681. The molecule has 4 aliphatic rings. The van der Waals surface area contributed by atoms with E-state index >= 15 is 0 Å². The van der Waals surface area contributed by atoms with Crippen LogP contribution in [0.1, 0.15) is 77.7 Å². The van der Waals surface area contributed by atoms with Gasteiger partial charge in [0.1, 0.15) is 11.4 Å². The number of fused-ring (bicyclic) bond motifs is 3. The van der Waals surface area contributed by atoms with Crippen molar-refractivity contribution in [3.05, 3.63) is 112 Å². The zero-order valence-electron chi connectivity index (χ0n) is 32.8. The summed E-state index contributed by atoms with van der Waals surface area (Å²) < 4.78 is 3.42. The molecule has 2 unspecified atom stereocenters. The maximum absolute atomic E-state index is 13.5. The van der Waals surface area contributed by atoms with Crippen LogP contribution in [-0.4, -0.2) is 90.6 Å². The van der Waals surface area contributed by atoms with Gasteiger partial charge < -0.3 is 15.1 Å². The molecule has 3 aliphatic heterocycles. The number of allylic oxidation sites excluding steroid dienone is 1. The summed E-state index contributed by atoms with van der Waals surface area (Å²) in [6.07, 6.45) is 9.07. The number of nitrogens with zero attached hydrogens (tertiary/aromatic N) is 8. The van der Waals surface area contributed by atoms with Crippen LogP contribution >= 0.6 is 0 Å². The number of anilines is 3. The molecule has 0 saturated carbocycles. The van der Waals surface area contributed by atoms with E-state index in [4.69, 9.17) is 9.97 Å². The van der Waals surface area contributed by atoms with Crippen LogP contribution in [0.3, 0.4) is 0 Å². The Morgan fingerprint density at radius 3 is 2.53 bits per heavy atom. The first kappa shape index (κ1) is 37.4. The predicted octanol–water partition coefficient (Wildman–Crippen LogP) is 4.86. The number of aryl methyl sites for hydroxylation is 2. The van der Waals surface area contributed by atoms with Crippen molar-refractivity contribution in [2.75, 3.05) is 42.9 Å². The van der Waals surface area contributed by atoms with Crippen molar-refractivity contribution < 1.29 is 14.4 Å². The molecule has 14 nitrogen and oxygen atoms in total. The molecule has 2 saturated heterocycles. The molecular weight excluding hydrogens is 733 g/mol. The lowest BCUT2D eigenvalue weighted by Crippen LogP contribution is -2.52. The third kappa shape index (κ3) is 7.06. The van der Waals surface area contributed by atoms with Crippen LogP contribution in [0, 0.1) is 0 Å². The van der Waals surface area contributed by atoms with Crippen molar-refractivity contribution in [3.63, 3.8) is 0 Å². The van der Waals surface area contributed by atoms with E-state index in [0.29, 0.717) is 53.8 Å². The van der Waals surface area contributed by atoms with E-state index in [1.54, 1.807) is 26.5 Å². The van der Waals surface area contributed by atoms with Crippen molar-refractivity contribution in [2.24, 2.45) is 0 Å². The summed E-state index contributed by atoms with van der Waals surface area (Å²) in [4.78, 5) is 71.5. The quantitative estimate of drug-likeness (QED) is 0.133. The number of carbonyl (C=O) groups is 3.